The van der Waals surface area contributed by atoms with Gasteiger partial charge < -0.3 is 4.74 Å². The lowest BCUT2D eigenvalue weighted by Gasteiger charge is -2.35. The van der Waals surface area contributed by atoms with Gasteiger partial charge in [0.15, 0.2) is 0 Å². The number of nitrogens with zero attached hydrogens (tertiary/aromatic N) is 2. The molecule has 0 aliphatic carbocycles. The second-order valence-electron chi connectivity index (χ2n) is 6.76. The van der Waals surface area contributed by atoms with E-state index < -0.39 is 5.92 Å². The van der Waals surface area contributed by atoms with E-state index in [-0.39, 0.29) is 17.9 Å². The van der Waals surface area contributed by atoms with Gasteiger partial charge in [0, 0.05) is 17.7 Å². The second kappa shape index (κ2) is 5.43. The zero-order chi connectivity index (χ0) is 17.0. The number of hydrogen-bond donors (Lipinski definition) is 0. The molecule has 2 saturated heterocycles. The zero-order valence-electron chi connectivity index (χ0n) is 13.7. The van der Waals surface area contributed by atoms with E-state index >= 15 is 0 Å². The summed E-state index contributed by atoms with van der Waals surface area (Å²) in [7, 11) is 0. The minimum absolute atomic E-state index is 0.00550. The number of benzene rings is 2. The van der Waals surface area contributed by atoms with Crippen molar-refractivity contribution in [1.29, 1.82) is 0 Å². The highest BCUT2D eigenvalue weighted by Gasteiger charge is 2.50. The van der Waals surface area contributed by atoms with Crippen LogP contribution in [0.15, 0.2) is 48.5 Å². The van der Waals surface area contributed by atoms with Crippen molar-refractivity contribution in [1.82, 2.24) is 0 Å². The summed E-state index contributed by atoms with van der Waals surface area (Å²) in [5, 5.41) is 3.11. The van der Waals surface area contributed by atoms with Gasteiger partial charge in [-0.1, -0.05) is 36.4 Å². The van der Waals surface area contributed by atoms with E-state index in [0.29, 0.717) is 6.42 Å². The Labute approximate surface area is 145 Å². The van der Waals surface area contributed by atoms with Crippen molar-refractivity contribution < 1.29 is 14.3 Å². The lowest BCUT2D eigenvalue weighted by Crippen LogP contribution is -2.43. The van der Waals surface area contributed by atoms with Crippen LogP contribution < -0.4 is 10.0 Å². The van der Waals surface area contributed by atoms with Crippen LogP contribution in [0.4, 0.5) is 11.4 Å². The van der Waals surface area contributed by atoms with Gasteiger partial charge in [-0.05, 0) is 31.4 Å². The zero-order valence-corrected chi connectivity index (χ0v) is 13.7. The predicted octanol–water partition coefficient (Wildman–Crippen LogP) is 3.15. The van der Waals surface area contributed by atoms with Crippen molar-refractivity contribution in [3.8, 4) is 11.1 Å². The number of rotatable bonds is 2. The average molecular weight is 334 g/mol. The standard InChI is InChI=1S/C20H18N2O3/c23-19-16(12-13-6-5-11-25-13)20(24)22-18-10-4-2-8-15(18)14-7-1-3-9-17(14)21(19)22/h1-4,7-10,13,16H,5-6,11-12H2. The Hall–Kier alpha value is -2.66. The topological polar surface area (TPSA) is 49.9 Å². The summed E-state index contributed by atoms with van der Waals surface area (Å²) in [6.07, 6.45) is 2.39. The van der Waals surface area contributed by atoms with Crippen molar-refractivity contribution in [2.24, 2.45) is 5.92 Å². The maximum Gasteiger partial charge on any atom is 0.258 e. The number of carbonyl (C=O) groups excluding carboxylic acids is 2. The number of amides is 2. The lowest BCUT2D eigenvalue weighted by molar-refractivity contribution is -0.128. The molecule has 25 heavy (non-hydrogen) atoms. The molecule has 5 rings (SSSR count). The van der Waals surface area contributed by atoms with Gasteiger partial charge in [-0.2, -0.15) is 0 Å². The number of fused-ring (bicyclic) bond motifs is 6. The van der Waals surface area contributed by atoms with Gasteiger partial charge in [0.2, 0.25) is 0 Å². The molecule has 2 aromatic carbocycles. The molecule has 2 fully saturated rings. The summed E-state index contributed by atoms with van der Waals surface area (Å²) < 4.78 is 5.66. The van der Waals surface area contributed by atoms with Gasteiger partial charge in [0.1, 0.15) is 5.92 Å². The highest BCUT2D eigenvalue weighted by Crippen LogP contribution is 2.47. The predicted molar refractivity (Wildman–Crippen MR) is 93.9 cm³/mol. The van der Waals surface area contributed by atoms with Crippen LogP contribution in [0.25, 0.3) is 11.1 Å². The fraction of sp³-hybridized carbons (Fsp3) is 0.300. The van der Waals surface area contributed by atoms with Crippen LogP contribution in [-0.4, -0.2) is 24.5 Å². The second-order valence-corrected chi connectivity index (χ2v) is 6.76. The average Bonchev–Trinajstić information content (AvgIpc) is 3.25. The van der Waals surface area contributed by atoms with Crippen LogP contribution in [-0.2, 0) is 14.3 Å². The molecule has 0 spiro atoms. The summed E-state index contributed by atoms with van der Waals surface area (Å²) in [6, 6.07) is 15.5. The number of anilines is 2. The van der Waals surface area contributed by atoms with Gasteiger partial charge >= 0.3 is 0 Å². The van der Waals surface area contributed by atoms with E-state index in [4.69, 9.17) is 4.74 Å². The molecule has 3 aliphatic rings. The van der Waals surface area contributed by atoms with Crippen molar-refractivity contribution in [2.45, 2.75) is 25.4 Å². The third-order valence-corrected chi connectivity index (χ3v) is 5.29. The number of ether oxygens (including phenoxy) is 1. The molecule has 2 aromatic rings. The van der Waals surface area contributed by atoms with Gasteiger partial charge in [0.05, 0.1) is 17.5 Å². The van der Waals surface area contributed by atoms with Gasteiger partial charge in [-0.15, -0.1) is 0 Å². The van der Waals surface area contributed by atoms with Crippen LogP contribution in [0.1, 0.15) is 19.3 Å². The highest BCUT2D eigenvalue weighted by atomic mass is 16.5. The molecule has 126 valence electrons. The minimum atomic E-state index is -0.665. The summed E-state index contributed by atoms with van der Waals surface area (Å²) in [5.41, 5.74) is 3.50. The number of hydrazine groups is 1. The quantitative estimate of drug-likeness (QED) is 0.793. The van der Waals surface area contributed by atoms with E-state index in [1.54, 1.807) is 10.0 Å². The molecule has 3 aliphatic heterocycles. The summed E-state index contributed by atoms with van der Waals surface area (Å²) in [6.45, 7) is 0.721. The summed E-state index contributed by atoms with van der Waals surface area (Å²) in [4.78, 5) is 26.2. The molecular formula is C20H18N2O3. The maximum atomic E-state index is 13.1. The molecule has 0 aromatic heterocycles. The van der Waals surface area contributed by atoms with Crippen molar-refractivity contribution in [2.75, 3.05) is 16.6 Å². The monoisotopic (exact) mass is 334 g/mol. The molecule has 1 atom stereocenters. The summed E-state index contributed by atoms with van der Waals surface area (Å²) >= 11 is 0. The van der Waals surface area contributed by atoms with E-state index in [1.165, 1.54) is 0 Å². The molecule has 2 amide bonds. The van der Waals surface area contributed by atoms with E-state index in [0.717, 1.165) is 42.0 Å². The Balaban J connectivity index is 1.62. The SMILES string of the molecule is O=C1C(CC2CCCO2)C(=O)N2c3ccccc3-c3ccccc3N12. The Bertz CT molecular complexity index is 809. The van der Waals surface area contributed by atoms with Crippen LogP contribution in [0.2, 0.25) is 0 Å². The van der Waals surface area contributed by atoms with Crippen molar-refractivity contribution >= 4 is 23.2 Å². The maximum absolute atomic E-state index is 13.1. The van der Waals surface area contributed by atoms with E-state index in [1.807, 2.05) is 48.5 Å². The normalized spacial score (nSPS) is 22.2. The van der Waals surface area contributed by atoms with E-state index in [9.17, 15) is 9.59 Å². The number of hydrogen-bond acceptors (Lipinski definition) is 3. The van der Waals surface area contributed by atoms with Gasteiger partial charge in [-0.3, -0.25) is 9.59 Å². The molecule has 0 saturated carbocycles. The first-order valence-corrected chi connectivity index (χ1v) is 8.73. The summed E-state index contributed by atoms with van der Waals surface area (Å²) in [5.74, 6) is -0.966. The molecule has 5 heteroatoms. The Morgan fingerprint density at radius 1 is 0.880 bits per heavy atom. The van der Waals surface area contributed by atoms with Crippen LogP contribution in [0.5, 0.6) is 0 Å². The Morgan fingerprint density at radius 3 is 1.96 bits per heavy atom. The minimum Gasteiger partial charge on any atom is -0.378 e. The molecule has 0 bridgehead atoms. The third kappa shape index (κ3) is 2.05. The van der Waals surface area contributed by atoms with Crippen molar-refractivity contribution in [3.05, 3.63) is 48.5 Å². The van der Waals surface area contributed by atoms with Crippen LogP contribution in [0.3, 0.4) is 0 Å². The largest absolute Gasteiger partial charge is 0.378 e. The molecule has 1 unspecified atom stereocenters. The smallest absolute Gasteiger partial charge is 0.258 e. The first-order valence-electron chi connectivity index (χ1n) is 8.73. The molecular weight excluding hydrogens is 316 g/mol. The Kier molecular flexibility index (Phi) is 3.18. The molecule has 0 radical (unpaired) electrons. The molecule has 0 N–H and O–H groups in total. The molecule has 5 nitrogen and oxygen atoms in total. The van der Waals surface area contributed by atoms with Crippen LogP contribution >= 0.6 is 0 Å². The first-order chi connectivity index (χ1) is 12.3. The fourth-order valence-electron chi connectivity index (χ4n) is 4.12. The fourth-order valence-corrected chi connectivity index (χ4v) is 4.12. The first kappa shape index (κ1) is 14.7. The number of para-hydroxylation sites is 2. The van der Waals surface area contributed by atoms with Gasteiger partial charge in [-0.25, -0.2) is 10.0 Å². The molecule has 3 heterocycles. The highest BCUT2D eigenvalue weighted by molar-refractivity contribution is 6.26. The van der Waals surface area contributed by atoms with Gasteiger partial charge in [0.25, 0.3) is 11.8 Å². The third-order valence-electron chi connectivity index (χ3n) is 5.29. The number of carbonyl (C=O) groups is 2. The lowest BCUT2D eigenvalue weighted by atomic mass is 9.99. The Morgan fingerprint density at radius 2 is 1.44 bits per heavy atom. The van der Waals surface area contributed by atoms with E-state index in [2.05, 4.69) is 0 Å². The van der Waals surface area contributed by atoms with Crippen molar-refractivity contribution in [3.63, 3.8) is 0 Å². The van der Waals surface area contributed by atoms with Crippen LogP contribution in [0, 0.1) is 5.92 Å².